The van der Waals surface area contributed by atoms with E-state index in [-0.39, 0.29) is 5.56 Å². The fourth-order valence-electron chi connectivity index (χ4n) is 3.45. The molecule has 0 aliphatic rings. The molecule has 2 aromatic heterocycles. The van der Waals surface area contributed by atoms with E-state index in [0.29, 0.717) is 0 Å². The third-order valence-electron chi connectivity index (χ3n) is 4.71. The normalized spacial score (nSPS) is 11.0. The number of para-hydroxylation sites is 2. The molecule has 0 aliphatic heterocycles. The molecule has 5 heteroatoms. The van der Waals surface area contributed by atoms with Crippen LogP contribution in [0.15, 0.2) is 102 Å². The van der Waals surface area contributed by atoms with E-state index in [9.17, 15) is 4.79 Å². The number of nitrogens with zero attached hydrogens (tertiary/aromatic N) is 4. The highest BCUT2D eigenvalue weighted by molar-refractivity contribution is 5.79. The summed E-state index contributed by atoms with van der Waals surface area (Å²) in [4.78, 5) is 12.9. The molecule has 2 heterocycles. The van der Waals surface area contributed by atoms with Gasteiger partial charge >= 0.3 is 0 Å². The van der Waals surface area contributed by atoms with E-state index < -0.39 is 0 Å². The molecule has 0 fully saturated rings. The molecule has 0 saturated carbocycles. The first-order chi connectivity index (χ1) is 13.8. The summed E-state index contributed by atoms with van der Waals surface area (Å²) >= 11 is 0. The molecule has 0 radical (unpaired) electrons. The molecule has 0 saturated heterocycles. The second-order valence-electron chi connectivity index (χ2n) is 6.43. The number of hydrogen-bond donors (Lipinski definition) is 0. The molecular formula is C23H16N4O. The highest BCUT2D eigenvalue weighted by atomic mass is 16.1. The van der Waals surface area contributed by atoms with E-state index >= 15 is 0 Å². The van der Waals surface area contributed by atoms with E-state index in [1.807, 2.05) is 91.0 Å². The lowest BCUT2D eigenvalue weighted by atomic mass is 10.1. The van der Waals surface area contributed by atoms with Gasteiger partial charge in [-0.25, -0.2) is 4.68 Å². The monoisotopic (exact) mass is 364 g/mol. The van der Waals surface area contributed by atoms with E-state index in [1.54, 1.807) is 15.3 Å². The first-order valence-corrected chi connectivity index (χ1v) is 9.01. The number of aromatic nitrogens is 4. The van der Waals surface area contributed by atoms with E-state index in [2.05, 4.69) is 10.3 Å². The zero-order valence-corrected chi connectivity index (χ0v) is 14.9. The molecule has 0 N–H and O–H groups in total. The Morgan fingerprint density at radius 3 is 2.14 bits per heavy atom. The van der Waals surface area contributed by atoms with Gasteiger partial charge in [-0.3, -0.25) is 9.36 Å². The topological polar surface area (TPSA) is 52.7 Å². The lowest BCUT2D eigenvalue weighted by Crippen LogP contribution is -2.21. The maximum absolute atomic E-state index is 12.9. The van der Waals surface area contributed by atoms with Crippen LogP contribution < -0.4 is 5.56 Å². The molecule has 5 nitrogen and oxygen atoms in total. The van der Waals surface area contributed by atoms with Crippen molar-refractivity contribution in [3.63, 3.8) is 0 Å². The smallest absolute Gasteiger partial charge is 0.255 e. The summed E-state index contributed by atoms with van der Waals surface area (Å²) in [6, 6.07) is 30.7. The highest BCUT2D eigenvalue weighted by Gasteiger charge is 2.17. The number of benzene rings is 3. The van der Waals surface area contributed by atoms with Crippen LogP contribution in [0.5, 0.6) is 0 Å². The first-order valence-electron chi connectivity index (χ1n) is 9.01. The minimum absolute atomic E-state index is 0.0989. The SMILES string of the molecule is O=c1ccc(-n2nnc3ccccc32)c(-c2ccccc2)n1-c1ccccc1. The number of pyridine rings is 1. The predicted molar refractivity (Wildman–Crippen MR) is 110 cm³/mol. The molecular weight excluding hydrogens is 348 g/mol. The van der Waals surface area contributed by atoms with E-state index in [1.165, 1.54) is 0 Å². The van der Waals surface area contributed by atoms with Gasteiger partial charge < -0.3 is 0 Å². The zero-order valence-electron chi connectivity index (χ0n) is 14.9. The average molecular weight is 364 g/mol. The van der Waals surface area contributed by atoms with Crippen molar-refractivity contribution in [2.45, 2.75) is 0 Å². The van der Waals surface area contributed by atoms with Crippen molar-refractivity contribution in [3.05, 3.63) is 107 Å². The van der Waals surface area contributed by atoms with E-state index in [0.717, 1.165) is 33.7 Å². The van der Waals surface area contributed by atoms with Crippen LogP contribution in [0.3, 0.4) is 0 Å². The number of hydrogen-bond acceptors (Lipinski definition) is 3. The van der Waals surface area contributed by atoms with Crippen LogP contribution in [0.1, 0.15) is 0 Å². The molecule has 0 spiro atoms. The van der Waals surface area contributed by atoms with Crippen molar-refractivity contribution >= 4 is 11.0 Å². The van der Waals surface area contributed by atoms with Crippen LogP contribution >= 0.6 is 0 Å². The van der Waals surface area contributed by atoms with Gasteiger partial charge in [0.15, 0.2) is 0 Å². The first kappa shape index (κ1) is 16.2. The Morgan fingerprint density at radius 1 is 0.679 bits per heavy atom. The third kappa shape index (κ3) is 2.61. The lowest BCUT2D eigenvalue weighted by molar-refractivity contribution is 0.813. The quantitative estimate of drug-likeness (QED) is 0.481. The maximum Gasteiger partial charge on any atom is 0.255 e. The van der Waals surface area contributed by atoms with Gasteiger partial charge in [0.25, 0.3) is 5.56 Å². The van der Waals surface area contributed by atoms with Gasteiger partial charge in [-0.1, -0.05) is 65.9 Å². The van der Waals surface area contributed by atoms with Crippen molar-refractivity contribution in [2.75, 3.05) is 0 Å². The number of rotatable bonds is 3. The molecule has 134 valence electrons. The molecule has 5 aromatic rings. The second-order valence-corrected chi connectivity index (χ2v) is 6.43. The molecule has 0 aliphatic carbocycles. The van der Waals surface area contributed by atoms with Crippen molar-refractivity contribution in [1.82, 2.24) is 19.6 Å². The summed E-state index contributed by atoms with van der Waals surface area (Å²) in [7, 11) is 0. The summed E-state index contributed by atoms with van der Waals surface area (Å²) in [5, 5.41) is 8.65. The van der Waals surface area contributed by atoms with Crippen molar-refractivity contribution in [3.8, 4) is 22.6 Å². The summed E-state index contributed by atoms with van der Waals surface area (Å²) in [6.45, 7) is 0. The Bertz CT molecular complexity index is 1320. The number of fused-ring (bicyclic) bond motifs is 1. The van der Waals surface area contributed by atoms with Crippen LogP contribution in [-0.4, -0.2) is 19.6 Å². The molecule has 0 atom stereocenters. The van der Waals surface area contributed by atoms with Crippen LogP contribution in [0.2, 0.25) is 0 Å². The fourth-order valence-corrected chi connectivity index (χ4v) is 3.45. The van der Waals surface area contributed by atoms with Crippen molar-refractivity contribution < 1.29 is 0 Å². The predicted octanol–water partition coefficient (Wildman–Crippen LogP) is 4.24. The summed E-state index contributed by atoms with van der Waals surface area (Å²) in [5.74, 6) is 0. The second kappa shape index (κ2) is 6.63. The van der Waals surface area contributed by atoms with Crippen molar-refractivity contribution in [2.24, 2.45) is 0 Å². The highest BCUT2D eigenvalue weighted by Crippen LogP contribution is 2.29. The minimum Gasteiger partial charge on any atom is -0.275 e. The van der Waals surface area contributed by atoms with Crippen LogP contribution in [-0.2, 0) is 0 Å². The van der Waals surface area contributed by atoms with Crippen LogP contribution in [0.4, 0.5) is 0 Å². The maximum atomic E-state index is 12.9. The van der Waals surface area contributed by atoms with Gasteiger partial charge in [-0.15, -0.1) is 5.10 Å². The minimum atomic E-state index is -0.0989. The Hall–Kier alpha value is -3.99. The standard InChI is InChI=1S/C23H16N4O/c28-22-16-15-21(27-20-14-8-7-13-19(20)24-25-27)23(17-9-3-1-4-10-17)26(22)18-11-5-2-6-12-18/h1-16H. The van der Waals surface area contributed by atoms with Gasteiger partial charge in [-0.05, 0) is 30.3 Å². The van der Waals surface area contributed by atoms with Gasteiger partial charge in [0, 0.05) is 17.3 Å². The van der Waals surface area contributed by atoms with Crippen LogP contribution in [0, 0.1) is 0 Å². The molecule has 0 bridgehead atoms. The Kier molecular flexibility index (Phi) is 3.84. The molecule has 0 unspecified atom stereocenters. The van der Waals surface area contributed by atoms with Crippen LogP contribution in [0.25, 0.3) is 33.7 Å². The molecule has 3 aromatic carbocycles. The molecule has 28 heavy (non-hydrogen) atoms. The average Bonchev–Trinajstić information content (AvgIpc) is 3.19. The third-order valence-corrected chi connectivity index (χ3v) is 4.71. The summed E-state index contributed by atoms with van der Waals surface area (Å²) in [5.41, 5.74) is 4.89. The largest absolute Gasteiger partial charge is 0.275 e. The van der Waals surface area contributed by atoms with Gasteiger partial charge in [0.1, 0.15) is 5.52 Å². The zero-order chi connectivity index (χ0) is 18.9. The molecule has 5 rings (SSSR count). The fraction of sp³-hybridized carbons (Fsp3) is 0. The Labute approximate surface area is 161 Å². The Morgan fingerprint density at radius 2 is 1.36 bits per heavy atom. The van der Waals surface area contributed by atoms with Crippen molar-refractivity contribution in [1.29, 1.82) is 0 Å². The molecule has 0 amide bonds. The summed E-state index contributed by atoms with van der Waals surface area (Å²) in [6.07, 6.45) is 0. The lowest BCUT2D eigenvalue weighted by Gasteiger charge is -2.17. The van der Waals surface area contributed by atoms with E-state index in [4.69, 9.17) is 0 Å². The van der Waals surface area contributed by atoms with Gasteiger partial charge in [0.05, 0.1) is 16.9 Å². The summed E-state index contributed by atoms with van der Waals surface area (Å²) < 4.78 is 3.51. The Balaban J connectivity index is 1.90. The van der Waals surface area contributed by atoms with Gasteiger partial charge in [0.2, 0.25) is 0 Å². The van der Waals surface area contributed by atoms with Gasteiger partial charge in [-0.2, -0.15) is 0 Å².